The third-order valence-electron chi connectivity index (χ3n) is 3.03. The van der Waals surface area contributed by atoms with Crippen molar-refractivity contribution in [2.45, 2.75) is 18.9 Å². The monoisotopic (exact) mass is 249 g/mol. The average Bonchev–Trinajstić information content (AvgIpc) is 2.41. The molecule has 98 valence electrons. The molecule has 0 spiro atoms. The lowest BCUT2D eigenvalue weighted by Crippen LogP contribution is -2.57. The Morgan fingerprint density at radius 1 is 1.61 bits per heavy atom. The maximum Gasteiger partial charge on any atom is 0.253 e. The van der Waals surface area contributed by atoms with Crippen LogP contribution in [-0.4, -0.2) is 42.7 Å². The van der Waals surface area contributed by atoms with Crippen LogP contribution in [-0.2, 0) is 16.0 Å². The summed E-state index contributed by atoms with van der Waals surface area (Å²) >= 11 is 0. The summed E-state index contributed by atoms with van der Waals surface area (Å²) in [6, 6.07) is 5.77. The fraction of sp³-hybridized carbons (Fsp3) is 0.538. The number of morpholine rings is 1. The first-order valence-electron chi connectivity index (χ1n) is 6.24. The van der Waals surface area contributed by atoms with Gasteiger partial charge in [0.05, 0.1) is 6.61 Å². The normalized spacial score (nSPS) is 23.6. The standard InChI is InChI=1S/C13H19N3O2/c1-13(10-14-8-9-18-13)12(17)16-7-5-11-4-2-3-6-15-11/h2-4,6,14H,5,7-10H2,1H3,(H,16,17)/t13-/m0/s1. The Morgan fingerprint density at radius 2 is 2.50 bits per heavy atom. The van der Waals surface area contributed by atoms with Crippen LogP contribution in [0.25, 0.3) is 0 Å². The highest BCUT2D eigenvalue weighted by Crippen LogP contribution is 2.12. The molecular formula is C13H19N3O2. The van der Waals surface area contributed by atoms with Gasteiger partial charge in [0.1, 0.15) is 0 Å². The highest BCUT2D eigenvalue weighted by Gasteiger charge is 2.35. The summed E-state index contributed by atoms with van der Waals surface area (Å²) in [5.74, 6) is -0.0642. The highest BCUT2D eigenvalue weighted by molar-refractivity contribution is 5.85. The molecule has 2 rings (SSSR count). The van der Waals surface area contributed by atoms with Crippen molar-refractivity contribution in [3.8, 4) is 0 Å². The summed E-state index contributed by atoms with van der Waals surface area (Å²) in [6.07, 6.45) is 2.49. The van der Waals surface area contributed by atoms with Gasteiger partial charge in [-0.25, -0.2) is 0 Å². The summed E-state index contributed by atoms with van der Waals surface area (Å²) in [5, 5.41) is 6.06. The fourth-order valence-corrected chi connectivity index (χ4v) is 1.91. The van der Waals surface area contributed by atoms with Crippen LogP contribution in [0.1, 0.15) is 12.6 Å². The summed E-state index contributed by atoms with van der Waals surface area (Å²) in [7, 11) is 0. The molecule has 1 aliphatic rings. The molecule has 0 radical (unpaired) electrons. The third-order valence-corrected chi connectivity index (χ3v) is 3.03. The zero-order chi connectivity index (χ0) is 12.8. The minimum absolute atomic E-state index is 0.0642. The molecule has 2 heterocycles. The Morgan fingerprint density at radius 3 is 3.17 bits per heavy atom. The summed E-state index contributed by atoms with van der Waals surface area (Å²) in [6.45, 7) is 4.33. The van der Waals surface area contributed by atoms with Crippen molar-refractivity contribution in [2.75, 3.05) is 26.2 Å². The zero-order valence-electron chi connectivity index (χ0n) is 10.6. The van der Waals surface area contributed by atoms with E-state index in [0.29, 0.717) is 19.7 Å². The van der Waals surface area contributed by atoms with Crippen LogP contribution in [0, 0.1) is 0 Å². The molecule has 0 saturated carbocycles. The number of carbonyl (C=O) groups is 1. The van der Waals surface area contributed by atoms with Crippen molar-refractivity contribution in [3.05, 3.63) is 30.1 Å². The van der Waals surface area contributed by atoms with Crippen LogP contribution in [0.4, 0.5) is 0 Å². The zero-order valence-corrected chi connectivity index (χ0v) is 10.6. The molecule has 2 N–H and O–H groups in total. The summed E-state index contributed by atoms with van der Waals surface area (Å²) < 4.78 is 5.54. The molecule has 1 aromatic rings. The predicted molar refractivity (Wildman–Crippen MR) is 68.2 cm³/mol. The van der Waals surface area contributed by atoms with Gasteiger partial charge in [0.25, 0.3) is 5.91 Å². The molecule has 1 aromatic heterocycles. The summed E-state index contributed by atoms with van der Waals surface area (Å²) in [4.78, 5) is 16.2. The number of nitrogens with one attached hydrogen (secondary N) is 2. The van der Waals surface area contributed by atoms with E-state index in [1.807, 2.05) is 25.1 Å². The Kier molecular flexibility index (Phi) is 4.28. The van der Waals surface area contributed by atoms with Crippen molar-refractivity contribution >= 4 is 5.91 Å². The van der Waals surface area contributed by atoms with E-state index in [4.69, 9.17) is 4.74 Å². The maximum atomic E-state index is 12.0. The van der Waals surface area contributed by atoms with Gasteiger partial charge in [0.15, 0.2) is 5.60 Å². The van der Waals surface area contributed by atoms with E-state index < -0.39 is 5.60 Å². The number of nitrogens with zero attached hydrogens (tertiary/aromatic N) is 1. The third kappa shape index (κ3) is 3.27. The molecule has 0 unspecified atom stereocenters. The van der Waals surface area contributed by atoms with Crippen molar-refractivity contribution in [3.63, 3.8) is 0 Å². The molecule has 0 bridgehead atoms. The number of carbonyl (C=O) groups excluding carboxylic acids is 1. The Labute approximate surface area is 107 Å². The van der Waals surface area contributed by atoms with Crippen molar-refractivity contribution < 1.29 is 9.53 Å². The number of hydrogen-bond donors (Lipinski definition) is 2. The van der Waals surface area contributed by atoms with Gasteiger partial charge in [0.2, 0.25) is 0 Å². The molecular weight excluding hydrogens is 230 g/mol. The lowest BCUT2D eigenvalue weighted by atomic mass is 10.0. The molecule has 5 nitrogen and oxygen atoms in total. The number of pyridine rings is 1. The van der Waals surface area contributed by atoms with E-state index in [1.165, 1.54) is 0 Å². The van der Waals surface area contributed by atoms with Gasteiger partial charge in [-0.3, -0.25) is 9.78 Å². The van der Waals surface area contributed by atoms with Crippen molar-refractivity contribution in [2.24, 2.45) is 0 Å². The van der Waals surface area contributed by atoms with Crippen LogP contribution < -0.4 is 10.6 Å². The topological polar surface area (TPSA) is 63.2 Å². The second kappa shape index (κ2) is 5.93. The van der Waals surface area contributed by atoms with E-state index in [9.17, 15) is 4.79 Å². The molecule has 1 fully saturated rings. The maximum absolute atomic E-state index is 12.0. The molecule has 1 atom stereocenters. The summed E-state index contributed by atoms with van der Waals surface area (Å²) in [5.41, 5.74) is 0.230. The number of hydrogen-bond acceptors (Lipinski definition) is 4. The van der Waals surface area contributed by atoms with E-state index in [2.05, 4.69) is 15.6 Å². The number of ether oxygens (including phenoxy) is 1. The van der Waals surface area contributed by atoms with Crippen LogP contribution in [0.15, 0.2) is 24.4 Å². The first kappa shape index (κ1) is 13.0. The van der Waals surface area contributed by atoms with Crippen LogP contribution >= 0.6 is 0 Å². The van der Waals surface area contributed by atoms with Gasteiger partial charge in [-0.1, -0.05) is 6.07 Å². The van der Waals surface area contributed by atoms with E-state index >= 15 is 0 Å². The van der Waals surface area contributed by atoms with Crippen LogP contribution in [0.2, 0.25) is 0 Å². The van der Waals surface area contributed by atoms with E-state index in [1.54, 1.807) is 6.20 Å². The molecule has 0 aromatic carbocycles. The smallest absolute Gasteiger partial charge is 0.253 e. The largest absolute Gasteiger partial charge is 0.363 e. The first-order chi connectivity index (χ1) is 8.71. The Hall–Kier alpha value is -1.46. The van der Waals surface area contributed by atoms with Crippen molar-refractivity contribution in [1.29, 1.82) is 0 Å². The molecule has 0 aliphatic carbocycles. The van der Waals surface area contributed by atoms with Crippen molar-refractivity contribution in [1.82, 2.24) is 15.6 Å². The van der Waals surface area contributed by atoms with Gasteiger partial charge in [-0.05, 0) is 19.1 Å². The minimum Gasteiger partial charge on any atom is -0.363 e. The molecule has 5 heteroatoms. The van der Waals surface area contributed by atoms with E-state index in [-0.39, 0.29) is 5.91 Å². The number of aromatic nitrogens is 1. The minimum atomic E-state index is -0.748. The van der Waals surface area contributed by atoms with Gasteiger partial charge in [-0.2, -0.15) is 0 Å². The highest BCUT2D eigenvalue weighted by atomic mass is 16.5. The predicted octanol–water partition coefficient (Wildman–Crippen LogP) is 0.119. The van der Waals surface area contributed by atoms with Gasteiger partial charge in [-0.15, -0.1) is 0 Å². The Balaban J connectivity index is 1.78. The number of amides is 1. The van der Waals surface area contributed by atoms with Crippen LogP contribution in [0.3, 0.4) is 0 Å². The Bertz CT molecular complexity index is 388. The fourth-order valence-electron chi connectivity index (χ4n) is 1.91. The van der Waals surface area contributed by atoms with Gasteiger partial charge < -0.3 is 15.4 Å². The second-order valence-corrected chi connectivity index (χ2v) is 4.58. The lowest BCUT2D eigenvalue weighted by Gasteiger charge is -2.32. The molecule has 1 saturated heterocycles. The SMILES string of the molecule is C[C@@]1(C(=O)NCCc2ccccn2)CNCCO1. The van der Waals surface area contributed by atoms with Gasteiger partial charge in [0, 0.05) is 37.9 Å². The molecule has 1 amide bonds. The molecule has 1 aliphatic heterocycles. The lowest BCUT2D eigenvalue weighted by molar-refractivity contribution is -0.147. The first-order valence-corrected chi connectivity index (χ1v) is 6.24. The average molecular weight is 249 g/mol. The second-order valence-electron chi connectivity index (χ2n) is 4.58. The quantitative estimate of drug-likeness (QED) is 0.795. The number of rotatable bonds is 4. The van der Waals surface area contributed by atoms with Crippen LogP contribution in [0.5, 0.6) is 0 Å². The molecule has 18 heavy (non-hydrogen) atoms. The van der Waals surface area contributed by atoms with E-state index in [0.717, 1.165) is 18.7 Å². The van der Waals surface area contributed by atoms with Gasteiger partial charge >= 0.3 is 0 Å².